The summed E-state index contributed by atoms with van der Waals surface area (Å²) in [7, 11) is 0. The summed E-state index contributed by atoms with van der Waals surface area (Å²) in [5, 5.41) is 10.5. The minimum atomic E-state index is 0.209. The van der Waals surface area contributed by atoms with E-state index in [1.54, 1.807) is 11.8 Å². The highest BCUT2D eigenvalue weighted by atomic mass is 35.5. The number of thioether (sulfide) groups is 1. The molecule has 0 N–H and O–H groups in total. The summed E-state index contributed by atoms with van der Waals surface area (Å²) in [6.07, 6.45) is 2.38. The molecule has 5 nitrogen and oxygen atoms in total. The molecule has 7 heteroatoms. The first-order valence-corrected chi connectivity index (χ1v) is 11.2. The van der Waals surface area contributed by atoms with E-state index < -0.39 is 0 Å². The summed E-state index contributed by atoms with van der Waals surface area (Å²) < 4.78 is 13.9. The Morgan fingerprint density at radius 3 is 2.66 bits per heavy atom. The summed E-state index contributed by atoms with van der Waals surface area (Å²) in [5.74, 6) is 2.52. The predicted molar refractivity (Wildman–Crippen MR) is 117 cm³/mol. The molecule has 29 heavy (non-hydrogen) atoms. The van der Waals surface area contributed by atoms with E-state index in [0.29, 0.717) is 11.6 Å². The molecule has 1 atom stereocenters. The van der Waals surface area contributed by atoms with Crippen molar-refractivity contribution in [2.24, 2.45) is 0 Å². The Hall–Kier alpha value is -2.02. The van der Waals surface area contributed by atoms with Crippen LogP contribution >= 0.6 is 23.4 Å². The Morgan fingerprint density at radius 2 is 1.93 bits per heavy atom. The van der Waals surface area contributed by atoms with E-state index in [1.165, 1.54) is 5.56 Å². The van der Waals surface area contributed by atoms with Crippen LogP contribution in [0.5, 0.6) is 5.75 Å². The van der Waals surface area contributed by atoms with Crippen LogP contribution < -0.4 is 4.74 Å². The first-order valence-electron chi connectivity index (χ1n) is 9.82. The summed E-state index contributed by atoms with van der Waals surface area (Å²) in [4.78, 5) is 0. The maximum Gasteiger partial charge on any atom is 0.191 e. The summed E-state index contributed by atoms with van der Waals surface area (Å²) in [5.41, 5.74) is 2.23. The van der Waals surface area contributed by atoms with E-state index in [4.69, 9.17) is 21.1 Å². The van der Waals surface area contributed by atoms with E-state index in [2.05, 4.69) is 33.8 Å². The highest BCUT2D eigenvalue weighted by Crippen LogP contribution is 2.27. The second kappa shape index (κ2) is 9.65. The minimum Gasteiger partial charge on any atom is -0.493 e. The van der Waals surface area contributed by atoms with Crippen molar-refractivity contribution in [2.75, 3.05) is 19.0 Å². The lowest BCUT2D eigenvalue weighted by atomic mass is 10.2. The van der Waals surface area contributed by atoms with Crippen molar-refractivity contribution in [3.8, 4) is 17.1 Å². The van der Waals surface area contributed by atoms with Crippen molar-refractivity contribution < 1.29 is 9.47 Å². The van der Waals surface area contributed by atoms with Crippen LogP contribution in [0.1, 0.15) is 18.4 Å². The average molecular weight is 430 g/mol. The molecule has 1 fully saturated rings. The standard InChI is InChI=1S/C22H24ClN3O2S/c1-16-4-10-19(11-5-16)28-13-14-29-22-25-24-21(17-6-8-18(23)9-7-17)26(22)15-20-3-2-12-27-20/h4-11,20H,2-3,12-15H2,1H3/t20-/m1/s1. The molecule has 152 valence electrons. The van der Waals surface area contributed by atoms with Crippen molar-refractivity contribution in [1.82, 2.24) is 14.8 Å². The van der Waals surface area contributed by atoms with Gasteiger partial charge in [-0.1, -0.05) is 41.1 Å². The highest BCUT2D eigenvalue weighted by Gasteiger charge is 2.21. The SMILES string of the molecule is Cc1ccc(OCCSc2nnc(-c3ccc(Cl)cc3)n2C[C@H]2CCCO2)cc1. The summed E-state index contributed by atoms with van der Waals surface area (Å²) in [6.45, 7) is 4.26. The quantitative estimate of drug-likeness (QED) is 0.361. The van der Waals surface area contributed by atoms with E-state index in [1.807, 2.05) is 36.4 Å². The van der Waals surface area contributed by atoms with Crippen molar-refractivity contribution in [1.29, 1.82) is 0 Å². The Kier molecular flexibility index (Phi) is 6.74. The number of hydrogen-bond acceptors (Lipinski definition) is 5. The zero-order valence-corrected chi connectivity index (χ0v) is 18.0. The lowest BCUT2D eigenvalue weighted by Crippen LogP contribution is -2.17. The predicted octanol–water partition coefficient (Wildman–Crippen LogP) is 5.26. The van der Waals surface area contributed by atoms with Gasteiger partial charge in [-0.15, -0.1) is 10.2 Å². The molecule has 0 saturated carbocycles. The molecule has 1 aromatic heterocycles. The monoisotopic (exact) mass is 429 g/mol. The van der Waals surface area contributed by atoms with Gasteiger partial charge in [-0.2, -0.15) is 0 Å². The van der Waals surface area contributed by atoms with Crippen LogP contribution in [0, 0.1) is 6.92 Å². The van der Waals surface area contributed by atoms with E-state index in [0.717, 1.165) is 54.0 Å². The minimum absolute atomic E-state index is 0.209. The van der Waals surface area contributed by atoms with Gasteiger partial charge in [0.15, 0.2) is 11.0 Å². The van der Waals surface area contributed by atoms with E-state index in [9.17, 15) is 0 Å². The van der Waals surface area contributed by atoms with Crippen LogP contribution in [0.3, 0.4) is 0 Å². The molecule has 0 radical (unpaired) electrons. The van der Waals surface area contributed by atoms with Gasteiger partial charge < -0.3 is 9.47 Å². The smallest absolute Gasteiger partial charge is 0.191 e. The van der Waals surface area contributed by atoms with Gasteiger partial charge in [0.1, 0.15) is 5.75 Å². The summed E-state index contributed by atoms with van der Waals surface area (Å²) >= 11 is 7.70. The Labute approximate surface area is 180 Å². The van der Waals surface area contributed by atoms with Crippen LogP contribution in [-0.2, 0) is 11.3 Å². The van der Waals surface area contributed by atoms with Crippen LogP contribution in [-0.4, -0.2) is 39.8 Å². The number of benzene rings is 2. The lowest BCUT2D eigenvalue weighted by Gasteiger charge is -2.15. The maximum atomic E-state index is 6.04. The van der Waals surface area contributed by atoms with Gasteiger partial charge in [-0.3, -0.25) is 4.57 Å². The molecule has 4 rings (SSSR count). The van der Waals surface area contributed by atoms with Crippen molar-refractivity contribution in [2.45, 2.75) is 37.6 Å². The molecule has 2 aromatic carbocycles. The van der Waals surface area contributed by atoms with Crippen LogP contribution in [0.4, 0.5) is 0 Å². The van der Waals surface area contributed by atoms with Crippen LogP contribution in [0.15, 0.2) is 53.7 Å². The molecule has 0 aliphatic carbocycles. The van der Waals surface area contributed by atoms with Gasteiger partial charge in [-0.05, 0) is 56.2 Å². The molecule has 0 amide bonds. The topological polar surface area (TPSA) is 49.2 Å². The maximum absolute atomic E-state index is 6.04. The number of aromatic nitrogens is 3. The molecule has 1 saturated heterocycles. The van der Waals surface area contributed by atoms with Crippen molar-refractivity contribution in [3.63, 3.8) is 0 Å². The molecule has 0 unspecified atom stereocenters. The molecule has 1 aliphatic rings. The zero-order valence-electron chi connectivity index (χ0n) is 16.4. The number of aryl methyl sites for hydroxylation is 1. The summed E-state index contributed by atoms with van der Waals surface area (Å²) in [6, 6.07) is 15.8. The van der Waals surface area contributed by atoms with Crippen LogP contribution in [0.25, 0.3) is 11.4 Å². The Balaban J connectivity index is 1.44. The molecular weight excluding hydrogens is 406 g/mol. The molecule has 0 spiro atoms. The zero-order chi connectivity index (χ0) is 20.1. The first kappa shape index (κ1) is 20.3. The fourth-order valence-electron chi connectivity index (χ4n) is 3.29. The van der Waals surface area contributed by atoms with Gasteiger partial charge in [0.05, 0.1) is 19.3 Å². The largest absolute Gasteiger partial charge is 0.493 e. The second-order valence-corrected chi connectivity index (χ2v) is 8.57. The number of hydrogen-bond donors (Lipinski definition) is 0. The molecule has 1 aliphatic heterocycles. The third-order valence-corrected chi connectivity index (χ3v) is 6.02. The van der Waals surface area contributed by atoms with Gasteiger partial charge in [0.2, 0.25) is 0 Å². The van der Waals surface area contributed by atoms with Gasteiger partial charge >= 0.3 is 0 Å². The van der Waals surface area contributed by atoms with Crippen LogP contribution in [0.2, 0.25) is 5.02 Å². The third-order valence-electron chi connectivity index (χ3n) is 4.83. The molecule has 3 aromatic rings. The Bertz CT molecular complexity index is 922. The van der Waals surface area contributed by atoms with Crippen molar-refractivity contribution >= 4 is 23.4 Å². The normalized spacial score (nSPS) is 16.3. The second-order valence-electron chi connectivity index (χ2n) is 7.07. The highest BCUT2D eigenvalue weighted by molar-refractivity contribution is 7.99. The first-order chi connectivity index (χ1) is 14.2. The molecule has 0 bridgehead atoms. The molecular formula is C22H24ClN3O2S. The van der Waals surface area contributed by atoms with Gasteiger partial charge in [0.25, 0.3) is 0 Å². The number of nitrogens with zero attached hydrogens (tertiary/aromatic N) is 3. The van der Waals surface area contributed by atoms with Crippen molar-refractivity contribution in [3.05, 3.63) is 59.1 Å². The van der Waals surface area contributed by atoms with E-state index >= 15 is 0 Å². The third kappa shape index (κ3) is 5.32. The van der Waals surface area contributed by atoms with Gasteiger partial charge in [-0.25, -0.2) is 0 Å². The fraction of sp³-hybridized carbons (Fsp3) is 0.364. The number of rotatable bonds is 8. The van der Waals surface area contributed by atoms with Gasteiger partial charge in [0, 0.05) is 22.9 Å². The molecule has 2 heterocycles. The Morgan fingerprint density at radius 1 is 1.14 bits per heavy atom. The fourth-order valence-corrected chi connectivity index (χ4v) is 4.18. The number of ether oxygens (including phenoxy) is 2. The average Bonchev–Trinajstić information content (AvgIpc) is 3.38. The van der Waals surface area contributed by atoms with E-state index in [-0.39, 0.29) is 6.10 Å². The number of halogens is 1. The lowest BCUT2D eigenvalue weighted by molar-refractivity contribution is 0.0953.